The van der Waals surface area contributed by atoms with E-state index in [2.05, 4.69) is 0 Å². The predicted octanol–water partition coefficient (Wildman–Crippen LogP) is 3.60. The molecular weight excluding hydrogens is 387 g/mol. The largest absolute Gasteiger partial charge is 0.489 e. The number of nitrogens with zero attached hydrogens (tertiary/aromatic N) is 2. The van der Waals surface area contributed by atoms with Crippen LogP contribution in [0.1, 0.15) is 26.5 Å². The third-order valence-electron chi connectivity index (χ3n) is 5.00. The lowest BCUT2D eigenvalue weighted by atomic mass is 10.1. The smallest absolute Gasteiger partial charge is 0.290 e. The number of hydrogen-bond donors (Lipinski definition) is 0. The molecule has 3 aromatic rings. The molecule has 0 aliphatic carbocycles. The van der Waals surface area contributed by atoms with Crippen LogP contribution in [0.5, 0.6) is 5.75 Å². The second kappa shape index (κ2) is 8.82. The van der Waals surface area contributed by atoms with Gasteiger partial charge in [0.1, 0.15) is 18.2 Å². The molecule has 1 aliphatic rings. The molecule has 0 bridgehead atoms. The van der Waals surface area contributed by atoms with Gasteiger partial charge in [0.25, 0.3) is 11.8 Å². The number of para-hydroxylation sites is 1. The van der Waals surface area contributed by atoms with Crippen LogP contribution in [0.15, 0.2) is 71.3 Å². The number of piperazine rings is 1. The first-order valence-corrected chi connectivity index (χ1v) is 9.70. The Kier molecular flexibility index (Phi) is 5.79. The molecule has 0 atom stereocenters. The maximum atomic E-state index is 13.4. The molecule has 1 aliphatic heterocycles. The molecule has 6 nitrogen and oxygen atoms in total. The molecular formula is C23H21FN2O4. The Morgan fingerprint density at radius 1 is 0.900 bits per heavy atom. The van der Waals surface area contributed by atoms with Gasteiger partial charge in [-0.2, -0.15) is 0 Å². The van der Waals surface area contributed by atoms with Crippen molar-refractivity contribution in [3.63, 3.8) is 0 Å². The van der Waals surface area contributed by atoms with Gasteiger partial charge in [0.05, 0.1) is 6.26 Å². The van der Waals surface area contributed by atoms with Crippen LogP contribution in [0, 0.1) is 5.82 Å². The first-order valence-electron chi connectivity index (χ1n) is 9.70. The topological polar surface area (TPSA) is 63.0 Å². The van der Waals surface area contributed by atoms with Crippen LogP contribution >= 0.6 is 0 Å². The summed E-state index contributed by atoms with van der Waals surface area (Å²) in [6, 6.07) is 16.7. The number of carbonyl (C=O) groups is 2. The van der Waals surface area contributed by atoms with Crippen LogP contribution in [-0.4, -0.2) is 47.8 Å². The van der Waals surface area contributed by atoms with Gasteiger partial charge in [-0.3, -0.25) is 9.59 Å². The lowest BCUT2D eigenvalue weighted by molar-refractivity contribution is 0.0516. The van der Waals surface area contributed by atoms with Gasteiger partial charge in [-0.15, -0.1) is 0 Å². The third kappa shape index (κ3) is 4.35. The van der Waals surface area contributed by atoms with E-state index in [1.54, 1.807) is 21.9 Å². The van der Waals surface area contributed by atoms with Gasteiger partial charge in [0, 0.05) is 37.3 Å². The molecule has 30 heavy (non-hydrogen) atoms. The van der Waals surface area contributed by atoms with Crippen molar-refractivity contribution in [2.45, 2.75) is 6.61 Å². The van der Waals surface area contributed by atoms with Crippen LogP contribution < -0.4 is 4.74 Å². The van der Waals surface area contributed by atoms with Crippen molar-refractivity contribution in [1.82, 2.24) is 9.80 Å². The van der Waals surface area contributed by atoms with Crippen molar-refractivity contribution < 1.29 is 23.1 Å². The second-order valence-corrected chi connectivity index (χ2v) is 6.97. The molecule has 2 amide bonds. The monoisotopic (exact) mass is 408 g/mol. The van der Waals surface area contributed by atoms with Gasteiger partial charge < -0.3 is 19.0 Å². The second-order valence-electron chi connectivity index (χ2n) is 6.97. The van der Waals surface area contributed by atoms with Crippen LogP contribution in [0.25, 0.3) is 0 Å². The Balaban J connectivity index is 1.36. The number of rotatable bonds is 5. The van der Waals surface area contributed by atoms with E-state index in [4.69, 9.17) is 9.15 Å². The van der Waals surface area contributed by atoms with Crippen LogP contribution in [0.4, 0.5) is 4.39 Å². The zero-order valence-corrected chi connectivity index (χ0v) is 16.3. The third-order valence-corrected chi connectivity index (χ3v) is 5.00. The highest BCUT2D eigenvalue weighted by molar-refractivity contribution is 5.95. The van der Waals surface area contributed by atoms with Gasteiger partial charge in [-0.25, -0.2) is 4.39 Å². The molecule has 7 heteroatoms. The van der Waals surface area contributed by atoms with E-state index in [1.165, 1.54) is 24.5 Å². The quantitative estimate of drug-likeness (QED) is 0.647. The average molecular weight is 408 g/mol. The highest BCUT2D eigenvalue weighted by atomic mass is 19.1. The fourth-order valence-electron chi connectivity index (χ4n) is 3.38. The molecule has 2 aromatic carbocycles. The molecule has 0 radical (unpaired) electrons. The molecule has 0 spiro atoms. The summed E-state index contributed by atoms with van der Waals surface area (Å²) in [7, 11) is 0. The van der Waals surface area contributed by atoms with Crippen molar-refractivity contribution in [3.8, 4) is 5.75 Å². The minimum Gasteiger partial charge on any atom is -0.489 e. The highest BCUT2D eigenvalue weighted by Gasteiger charge is 2.28. The number of benzene rings is 2. The summed E-state index contributed by atoms with van der Waals surface area (Å²) >= 11 is 0. The Morgan fingerprint density at radius 2 is 1.60 bits per heavy atom. The van der Waals surface area contributed by atoms with Gasteiger partial charge in [0.15, 0.2) is 5.76 Å². The van der Waals surface area contributed by atoms with Crippen molar-refractivity contribution in [1.29, 1.82) is 0 Å². The van der Waals surface area contributed by atoms with Gasteiger partial charge in [0.2, 0.25) is 0 Å². The Morgan fingerprint density at radius 3 is 2.30 bits per heavy atom. The molecule has 154 valence electrons. The van der Waals surface area contributed by atoms with E-state index in [9.17, 15) is 14.0 Å². The number of carbonyl (C=O) groups excluding carboxylic acids is 2. The number of ether oxygens (including phenoxy) is 1. The summed E-state index contributed by atoms with van der Waals surface area (Å²) in [4.78, 5) is 28.7. The SMILES string of the molecule is O=C(c1cccc(F)c1)N1CCN(C(=O)c2occc2COc2ccccc2)CC1. The zero-order chi connectivity index (χ0) is 20.9. The Bertz CT molecular complexity index is 1030. The van der Waals surface area contributed by atoms with E-state index in [0.29, 0.717) is 43.1 Å². The van der Waals surface area contributed by atoms with Crippen molar-refractivity contribution in [2.24, 2.45) is 0 Å². The number of hydrogen-bond acceptors (Lipinski definition) is 4. The van der Waals surface area contributed by atoms with Crippen molar-refractivity contribution in [3.05, 3.63) is 89.6 Å². The molecule has 0 unspecified atom stereocenters. The van der Waals surface area contributed by atoms with E-state index in [1.807, 2.05) is 30.3 Å². The van der Waals surface area contributed by atoms with Crippen molar-refractivity contribution in [2.75, 3.05) is 26.2 Å². The van der Waals surface area contributed by atoms with E-state index < -0.39 is 5.82 Å². The summed E-state index contributed by atoms with van der Waals surface area (Å²) in [6.45, 7) is 1.72. The molecule has 0 saturated carbocycles. The van der Waals surface area contributed by atoms with Crippen LogP contribution in [-0.2, 0) is 6.61 Å². The first-order chi connectivity index (χ1) is 14.6. The molecule has 2 heterocycles. The minimum atomic E-state index is -0.447. The van der Waals surface area contributed by atoms with E-state index in [0.717, 1.165) is 0 Å². The summed E-state index contributed by atoms with van der Waals surface area (Å²) in [5.41, 5.74) is 0.975. The fraction of sp³-hybridized carbons (Fsp3) is 0.217. The first kappa shape index (κ1) is 19.7. The van der Waals surface area contributed by atoms with Crippen LogP contribution in [0.3, 0.4) is 0 Å². The van der Waals surface area contributed by atoms with Crippen LogP contribution in [0.2, 0.25) is 0 Å². The summed E-state index contributed by atoms with van der Waals surface area (Å²) < 4.78 is 24.5. The normalized spacial score (nSPS) is 13.9. The Labute approximate surface area is 173 Å². The standard InChI is InChI=1S/C23H21FN2O4/c24-19-6-4-5-17(15-19)22(27)25-10-12-26(13-11-25)23(28)21-18(9-14-29-21)16-30-20-7-2-1-3-8-20/h1-9,14-15H,10-13,16H2. The maximum absolute atomic E-state index is 13.4. The summed E-state index contributed by atoms with van der Waals surface area (Å²) in [5, 5.41) is 0. The highest BCUT2D eigenvalue weighted by Crippen LogP contribution is 2.19. The molecule has 1 fully saturated rings. The zero-order valence-electron chi connectivity index (χ0n) is 16.3. The van der Waals surface area contributed by atoms with Gasteiger partial charge in [-0.1, -0.05) is 24.3 Å². The predicted molar refractivity (Wildman–Crippen MR) is 108 cm³/mol. The number of amides is 2. The number of furan rings is 1. The fourth-order valence-corrected chi connectivity index (χ4v) is 3.38. The summed E-state index contributed by atoms with van der Waals surface area (Å²) in [6.07, 6.45) is 1.47. The summed E-state index contributed by atoms with van der Waals surface area (Å²) in [5.74, 6) is 0.0382. The number of halogens is 1. The lowest BCUT2D eigenvalue weighted by Gasteiger charge is -2.34. The van der Waals surface area contributed by atoms with E-state index in [-0.39, 0.29) is 24.2 Å². The average Bonchev–Trinajstić information content (AvgIpc) is 3.26. The minimum absolute atomic E-state index is 0.222. The molecule has 1 saturated heterocycles. The molecule has 0 N–H and O–H groups in total. The van der Waals surface area contributed by atoms with Crippen molar-refractivity contribution >= 4 is 11.8 Å². The van der Waals surface area contributed by atoms with Gasteiger partial charge in [-0.05, 0) is 36.4 Å². The van der Waals surface area contributed by atoms with Gasteiger partial charge >= 0.3 is 0 Å². The maximum Gasteiger partial charge on any atom is 0.290 e. The van der Waals surface area contributed by atoms with E-state index >= 15 is 0 Å². The Hall–Kier alpha value is -3.61. The molecule has 4 rings (SSSR count). The molecule has 1 aromatic heterocycles. The lowest BCUT2D eigenvalue weighted by Crippen LogP contribution is -2.50.